The SMILES string of the molecule is CC(=CC(C)C)C(N)=O.OB(OF)c1ccccc1. The fourth-order valence-electron chi connectivity index (χ4n) is 1.25. The number of amides is 1. The molecule has 0 atom stereocenters. The van der Waals surface area contributed by atoms with Gasteiger partial charge in [-0.2, -0.15) is 0 Å². The van der Waals surface area contributed by atoms with E-state index in [0.717, 1.165) is 0 Å². The van der Waals surface area contributed by atoms with Gasteiger partial charge in [-0.25, -0.2) is 4.86 Å². The second kappa shape index (κ2) is 9.30. The zero-order chi connectivity index (χ0) is 14.8. The van der Waals surface area contributed by atoms with E-state index in [1.165, 1.54) is 0 Å². The quantitative estimate of drug-likeness (QED) is 0.638. The maximum Gasteiger partial charge on any atom is 0.529 e. The average molecular weight is 267 g/mol. The molecule has 0 bridgehead atoms. The fourth-order valence-corrected chi connectivity index (χ4v) is 1.25. The number of hydrogen-bond donors (Lipinski definition) is 2. The van der Waals surface area contributed by atoms with Crippen LogP contribution in [-0.2, 0) is 9.65 Å². The molecule has 0 aliphatic heterocycles. The van der Waals surface area contributed by atoms with Gasteiger partial charge in [0.15, 0.2) is 0 Å². The lowest BCUT2D eigenvalue weighted by atomic mass is 9.80. The number of allylic oxidation sites excluding steroid dienone is 1. The van der Waals surface area contributed by atoms with Crippen molar-refractivity contribution in [3.8, 4) is 0 Å². The summed E-state index contributed by atoms with van der Waals surface area (Å²) < 4.78 is 11.3. The second-order valence-corrected chi connectivity index (χ2v) is 4.31. The summed E-state index contributed by atoms with van der Waals surface area (Å²) in [5.74, 6) is 0.0706. The van der Waals surface area contributed by atoms with E-state index < -0.39 is 7.12 Å². The number of carbonyl (C=O) groups is 1. The van der Waals surface area contributed by atoms with E-state index in [4.69, 9.17) is 10.8 Å². The summed E-state index contributed by atoms with van der Waals surface area (Å²) in [5, 5.41) is 8.73. The van der Waals surface area contributed by atoms with Gasteiger partial charge in [-0.15, -0.1) is 0 Å². The molecular formula is C13H19BFNO3. The molecule has 1 aromatic carbocycles. The van der Waals surface area contributed by atoms with Gasteiger partial charge in [0, 0.05) is 5.57 Å². The molecule has 4 nitrogen and oxygen atoms in total. The Hall–Kier alpha value is -1.66. The minimum Gasteiger partial charge on any atom is -0.421 e. The van der Waals surface area contributed by atoms with Gasteiger partial charge in [0.1, 0.15) is 0 Å². The first-order valence-corrected chi connectivity index (χ1v) is 5.87. The smallest absolute Gasteiger partial charge is 0.421 e. The summed E-state index contributed by atoms with van der Waals surface area (Å²) in [4.78, 5) is 13.6. The van der Waals surface area contributed by atoms with Crippen LogP contribution < -0.4 is 11.2 Å². The topological polar surface area (TPSA) is 72.6 Å². The lowest BCUT2D eigenvalue weighted by Crippen LogP contribution is -2.30. The van der Waals surface area contributed by atoms with Crippen LogP contribution in [0.3, 0.4) is 0 Å². The number of rotatable bonds is 4. The van der Waals surface area contributed by atoms with E-state index in [9.17, 15) is 9.32 Å². The highest BCUT2D eigenvalue weighted by molar-refractivity contribution is 6.59. The van der Waals surface area contributed by atoms with E-state index in [1.54, 1.807) is 37.3 Å². The Morgan fingerprint density at radius 3 is 2.26 bits per heavy atom. The molecular weight excluding hydrogens is 248 g/mol. The minimum atomic E-state index is -1.46. The lowest BCUT2D eigenvalue weighted by Gasteiger charge is -1.97. The number of benzene rings is 1. The first-order valence-electron chi connectivity index (χ1n) is 5.87. The van der Waals surface area contributed by atoms with E-state index in [-0.39, 0.29) is 5.91 Å². The van der Waals surface area contributed by atoms with Crippen molar-refractivity contribution in [1.29, 1.82) is 0 Å². The third-order valence-electron chi connectivity index (χ3n) is 2.14. The first kappa shape index (κ1) is 17.3. The van der Waals surface area contributed by atoms with Crippen molar-refractivity contribution in [2.45, 2.75) is 20.8 Å². The van der Waals surface area contributed by atoms with Crippen LogP contribution >= 0.6 is 0 Å². The van der Waals surface area contributed by atoms with E-state index >= 15 is 0 Å². The van der Waals surface area contributed by atoms with Crippen LogP contribution in [-0.4, -0.2) is 18.0 Å². The Labute approximate surface area is 113 Å². The summed E-state index contributed by atoms with van der Waals surface area (Å²) in [7, 11) is -1.46. The summed E-state index contributed by atoms with van der Waals surface area (Å²) in [6.07, 6.45) is 1.85. The molecule has 0 saturated carbocycles. The summed E-state index contributed by atoms with van der Waals surface area (Å²) in [6.45, 7) is 5.74. The zero-order valence-electron chi connectivity index (χ0n) is 11.3. The molecule has 0 unspecified atom stereocenters. The molecule has 1 aromatic rings. The molecule has 19 heavy (non-hydrogen) atoms. The molecule has 0 aliphatic carbocycles. The van der Waals surface area contributed by atoms with Gasteiger partial charge >= 0.3 is 7.12 Å². The average Bonchev–Trinajstić information content (AvgIpc) is 2.38. The zero-order valence-corrected chi connectivity index (χ0v) is 11.3. The predicted molar refractivity (Wildman–Crippen MR) is 74.0 cm³/mol. The Bertz CT molecular complexity index is 410. The van der Waals surface area contributed by atoms with Crippen LogP contribution in [0.2, 0.25) is 0 Å². The van der Waals surface area contributed by atoms with Crippen molar-refractivity contribution in [2.24, 2.45) is 11.7 Å². The molecule has 1 rings (SSSR count). The van der Waals surface area contributed by atoms with Gasteiger partial charge in [0.2, 0.25) is 5.91 Å². The van der Waals surface area contributed by atoms with Gasteiger partial charge in [-0.3, -0.25) is 4.79 Å². The Morgan fingerprint density at radius 2 is 1.95 bits per heavy atom. The van der Waals surface area contributed by atoms with Gasteiger partial charge < -0.3 is 10.8 Å². The number of carbonyl (C=O) groups excluding carboxylic acids is 1. The Balaban J connectivity index is 0.000000344. The molecule has 0 aromatic heterocycles. The molecule has 1 amide bonds. The number of hydrogen-bond acceptors (Lipinski definition) is 3. The van der Waals surface area contributed by atoms with Crippen LogP contribution in [0, 0.1) is 5.92 Å². The predicted octanol–water partition coefficient (Wildman–Crippen LogP) is 1.35. The second-order valence-electron chi connectivity index (χ2n) is 4.31. The Morgan fingerprint density at radius 1 is 1.42 bits per heavy atom. The molecule has 0 radical (unpaired) electrons. The lowest BCUT2D eigenvalue weighted by molar-refractivity contribution is -0.114. The van der Waals surface area contributed by atoms with Crippen molar-refractivity contribution in [2.75, 3.05) is 0 Å². The molecule has 3 N–H and O–H groups in total. The molecule has 6 heteroatoms. The maximum atomic E-state index is 11.3. The van der Waals surface area contributed by atoms with Gasteiger partial charge in [0.25, 0.3) is 0 Å². The van der Waals surface area contributed by atoms with Crippen LogP contribution in [0.1, 0.15) is 20.8 Å². The first-order chi connectivity index (χ1) is 8.88. The van der Waals surface area contributed by atoms with Gasteiger partial charge in [-0.05, 0) is 18.3 Å². The molecule has 0 spiro atoms. The van der Waals surface area contributed by atoms with Crippen LogP contribution in [0.15, 0.2) is 42.0 Å². The molecule has 0 saturated heterocycles. The molecule has 0 fully saturated rings. The summed E-state index contributed by atoms with van der Waals surface area (Å²) >= 11 is 0. The van der Waals surface area contributed by atoms with Crippen molar-refractivity contribution < 1.29 is 19.2 Å². The van der Waals surface area contributed by atoms with Crippen LogP contribution in [0.4, 0.5) is 4.53 Å². The van der Waals surface area contributed by atoms with Gasteiger partial charge in [0.05, 0.1) is 0 Å². The normalized spacial score (nSPS) is 10.7. The number of halogens is 1. The fraction of sp³-hybridized carbons (Fsp3) is 0.308. The van der Waals surface area contributed by atoms with E-state index in [1.807, 2.05) is 19.9 Å². The standard InChI is InChI=1S/C7H13NO.C6H6BFO2/c1-5(2)4-6(3)7(8)9;8-10-7(9)6-4-2-1-3-5-6/h4-5H,1-3H3,(H2,8,9);1-5,9H. The Kier molecular flexibility index (Phi) is 8.49. The highest BCUT2D eigenvalue weighted by Gasteiger charge is 2.15. The highest BCUT2D eigenvalue weighted by atomic mass is 19.3. The third kappa shape index (κ3) is 8.13. The maximum absolute atomic E-state index is 11.3. The van der Waals surface area contributed by atoms with Crippen LogP contribution in [0.5, 0.6) is 0 Å². The van der Waals surface area contributed by atoms with Gasteiger partial charge in [-0.1, -0.05) is 54.8 Å². The van der Waals surface area contributed by atoms with Crippen LogP contribution in [0.25, 0.3) is 0 Å². The number of nitrogens with two attached hydrogens (primary N) is 1. The van der Waals surface area contributed by atoms with E-state index in [2.05, 4.69) is 4.86 Å². The monoisotopic (exact) mass is 267 g/mol. The van der Waals surface area contributed by atoms with Crippen molar-refractivity contribution >= 4 is 18.5 Å². The highest BCUT2D eigenvalue weighted by Crippen LogP contribution is 1.99. The molecule has 0 heterocycles. The van der Waals surface area contributed by atoms with Crippen molar-refractivity contribution in [3.63, 3.8) is 0 Å². The molecule has 0 aliphatic rings. The van der Waals surface area contributed by atoms with Crippen molar-refractivity contribution in [3.05, 3.63) is 42.0 Å². The largest absolute Gasteiger partial charge is 0.529 e. The summed E-state index contributed by atoms with van der Waals surface area (Å²) in [5.41, 5.74) is 6.03. The van der Waals surface area contributed by atoms with E-state index in [0.29, 0.717) is 17.0 Å². The minimum absolute atomic E-state index is 0.330. The molecule has 104 valence electrons. The summed E-state index contributed by atoms with van der Waals surface area (Å²) in [6, 6.07) is 8.30. The van der Waals surface area contributed by atoms with Crippen molar-refractivity contribution in [1.82, 2.24) is 0 Å². The third-order valence-corrected chi connectivity index (χ3v) is 2.14. The number of primary amides is 1.